The fourth-order valence-corrected chi connectivity index (χ4v) is 3.55. The number of hydrogen-bond acceptors (Lipinski definition) is 5. The van der Waals surface area contributed by atoms with E-state index in [9.17, 15) is 4.79 Å². The van der Waals surface area contributed by atoms with Crippen molar-refractivity contribution in [3.8, 4) is 5.75 Å². The zero-order chi connectivity index (χ0) is 19.7. The Morgan fingerprint density at radius 3 is 2.68 bits per heavy atom. The van der Waals surface area contributed by atoms with Gasteiger partial charge in [0.15, 0.2) is 0 Å². The highest BCUT2D eigenvalue weighted by Crippen LogP contribution is 2.36. The molecule has 0 saturated heterocycles. The van der Waals surface area contributed by atoms with Gasteiger partial charge in [-0.1, -0.05) is 24.3 Å². The molecule has 0 bridgehead atoms. The zero-order valence-corrected chi connectivity index (χ0v) is 16.1. The minimum Gasteiger partial charge on any atom is -0.495 e. The largest absolute Gasteiger partial charge is 0.495 e. The van der Waals surface area contributed by atoms with Crippen LogP contribution < -0.4 is 15.0 Å². The van der Waals surface area contributed by atoms with Crippen LogP contribution in [-0.4, -0.2) is 29.0 Å². The second-order valence-corrected chi connectivity index (χ2v) is 6.98. The van der Waals surface area contributed by atoms with Crippen LogP contribution >= 0.6 is 0 Å². The van der Waals surface area contributed by atoms with Gasteiger partial charge in [-0.2, -0.15) is 0 Å². The van der Waals surface area contributed by atoms with Crippen LogP contribution in [0.4, 0.5) is 17.3 Å². The van der Waals surface area contributed by atoms with Gasteiger partial charge in [0.25, 0.3) is 5.91 Å². The molecule has 4 rings (SSSR count). The van der Waals surface area contributed by atoms with Crippen molar-refractivity contribution in [3.05, 3.63) is 71.5 Å². The number of nitrogens with zero attached hydrogens (tertiary/aromatic N) is 3. The lowest BCUT2D eigenvalue weighted by Crippen LogP contribution is -2.26. The lowest BCUT2D eigenvalue weighted by Gasteiger charge is -2.22. The molecule has 0 aliphatic carbocycles. The van der Waals surface area contributed by atoms with Gasteiger partial charge in [0, 0.05) is 24.1 Å². The Bertz CT molecular complexity index is 1020. The third-order valence-electron chi connectivity index (χ3n) is 4.93. The molecule has 0 saturated carbocycles. The maximum atomic E-state index is 12.6. The van der Waals surface area contributed by atoms with Crippen molar-refractivity contribution in [3.63, 3.8) is 0 Å². The van der Waals surface area contributed by atoms with E-state index >= 15 is 0 Å². The SMILES string of the molecule is COc1ccc(C)cc1NC(=O)c1cnc(N2c3ccccc3CC2C)nc1. The monoisotopic (exact) mass is 374 g/mol. The normalized spacial score (nSPS) is 15.2. The Morgan fingerprint density at radius 1 is 1.18 bits per heavy atom. The molecule has 1 amide bonds. The average Bonchev–Trinajstić information content (AvgIpc) is 3.04. The number of benzene rings is 2. The van der Waals surface area contributed by atoms with Gasteiger partial charge in [-0.25, -0.2) is 9.97 Å². The molecule has 1 aromatic heterocycles. The summed E-state index contributed by atoms with van der Waals surface area (Å²) >= 11 is 0. The number of carbonyl (C=O) groups excluding carboxylic acids is 1. The molecule has 6 heteroatoms. The Kier molecular flexibility index (Phi) is 4.69. The second kappa shape index (κ2) is 7.31. The first-order chi connectivity index (χ1) is 13.6. The van der Waals surface area contributed by atoms with Gasteiger partial charge < -0.3 is 15.0 Å². The Hall–Kier alpha value is -3.41. The number of hydrogen-bond donors (Lipinski definition) is 1. The molecule has 2 aromatic carbocycles. The summed E-state index contributed by atoms with van der Waals surface area (Å²) < 4.78 is 5.32. The summed E-state index contributed by atoms with van der Waals surface area (Å²) in [6.07, 6.45) is 4.08. The molecule has 1 N–H and O–H groups in total. The Balaban J connectivity index is 1.56. The molecule has 1 atom stereocenters. The van der Waals surface area contributed by atoms with Crippen molar-refractivity contribution in [1.29, 1.82) is 0 Å². The van der Waals surface area contributed by atoms with Crippen LogP contribution in [0.2, 0.25) is 0 Å². The minimum absolute atomic E-state index is 0.272. The molecular weight excluding hydrogens is 352 g/mol. The third kappa shape index (κ3) is 3.29. The van der Waals surface area contributed by atoms with Gasteiger partial charge in [0.05, 0.1) is 18.4 Å². The highest BCUT2D eigenvalue weighted by atomic mass is 16.5. The van der Waals surface area contributed by atoms with Crippen LogP contribution in [0.25, 0.3) is 0 Å². The summed E-state index contributed by atoms with van der Waals surface area (Å²) in [6.45, 7) is 4.11. The zero-order valence-electron chi connectivity index (χ0n) is 16.1. The average molecular weight is 374 g/mol. The molecule has 1 aliphatic rings. The van der Waals surface area contributed by atoms with E-state index in [2.05, 4.69) is 39.2 Å². The summed E-state index contributed by atoms with van der Waals surface area (Å²) in [5.74, 6) is 0.937. The molecule has 6 nitrogen and oxygen atoms in total. The standard InChI is InChI=1S/C22H22N4O2/c1-14-8-9-20(28-3)18(10-14)25-21(27)17-12-23-22(24-13-17)26-15(2)11-16-6-4-5-7-19(16)26/h4-10,12-13,15H,11H2,1-3H3,(H,25,27). The van der Waals surface area contributed by atoms with Crippen molar-refractivity contribution in [1.82, 2.24) is 9.97 Å². The maximum Gasteiger partial charge on any atom is 0.258 e. The van der Waals surface area contributed by atoms with Crippen LogP contribution in [-0.2, 0) is 6.42 Å². The fourth-order valence-electron chi connectivity index (χ4n) is 3.55. The molecule has 3 aromatic rings. The number of ether oxygens (including phenoxy) is 1. The maximum absolute atomic E-state index is 12.6. The van der Waals surface area contributed by atoms with E-state index in [1.807, 2.05) is 37.3 Å². The highest BCUT2D eigenvalue weighted by Gasteiger charge is 2.28. The topological polar surface area (TPSA) is 67.3 Å². The number of aromatic nitrogens is 2. The number of methoxy groups -OCH3 is 1. The molecule has 1 unspecified atom stereocenters. The molecule has 2 heterocycles. The smallest absolute Gasteiger partial charge is 0.258 e. The lowest BCUT2D eigenvalue weighted by atomic mass is 10.1. The molecule has 1 aliphatic heterocycles. The number of carbonyl (C=O) groups is 1. The summed E-state index contributed by atoms with van der Waals surface area (Å²) in [4.78, 5) is 23.7. The van der Waals surface area contributed by atoms with Crippen molar-refractivity contribution < 1.29 is 9.53 Å². The Morgan fingerprint density at radius 2 is 1.93 bits per heavy atom. The van der Waals surface area contributed by atoms with Gasteiger partial charge in [-0.3, -0.25) is 4.79 Å². The quantitative estimate of drug-likeness (QED) is 0.744. The highest BCUT2D eigenvalue weighted by molar-refractivity contribution is 6.04. The van der Waals surface area contributed by atoms with Crippen LogP contribution in [0.15, 0.2) is 54.9 Å². The van der Waals surface area contributed by atoms with Gasteiger partial charge >= 0.3 is 0 Å². The first-order valence-electron chi connectivity index (χ1n) is 9.22. The summed E-state index contributed by atoms with van der Waals surface area (Å²) in [7, 11) is 1.58. The number of aryl methyl sites for hydroxylation is 1. The van der Waals surface area contributed by atoms with E-state index in [1.54, 1.807) is 19.5 Å². The number of anilines is 3. The van der Waals surface area contributed by atoms with E-state index in [0.29, 0.717) is 22.9 Å². The van der Waals surface area contributed by atoms with E-state index < -0.39 is 0 Å². The number of nitrogens with one attached hydrogen (secondary N) is 1. The van der Waals surface area contributed by atoms with Crippen molar-refractivity contribution in [2.24, 2.45) is 0 Å². The van der Waals surface area contributed by atoms with Crippen LogP contribution in [0, 0.1) is 6.92 Å². The van der Waals surface area contributed by atoms with Crippen LogP contribution in [0.5, 0.6) is 5.75 Å². The van der Waals surface area contributed by atoms with Crippen molar-refractivity contribution in [2.75, 3.05) is 17.3 Å². The molecule has 0 radical (unpaired) electrons. The van der Waals surface area contributed by atoms with E-state index in [-0.39, 0.29) is 11.9 Å². The van der Waals surface area contributed by atoms with Gasteiger partial charge in [-0.05, 0) is 49.6 Å². The lowest BCUT2D eigenvalue weighted by molar-refractivity contribution is 0.102. The Labute approximate surface area is 164 Å². The van der Waals surface area contributed by atoms with E-state index in [1.165, 1.54) is 5.56 Å². The molecule has 0 fully saturated rings. The van der Waals surface area contributed by atoms with Crippen molar-refractivity contribution >= 4 is 23.2 Å². The van der Waals surface area contributed by atoms with Gasteiger partial charge in [0.1, 0.15) is 5.75 Å². The summed E-state index contributed by atoms with van der Waals surface area (Å²) in [5, 5.41) is 2.87. The van der Waals surface area contributed by atoms with E-state index in [0.717, 1.165) is 17.7 Å². The second-order valence-electron chi connectivity index (χ2n) is 6.98. The predicted octanol–water partition coefficient (Wildman–Crippen LogP) is 4.13. The summed E-state index contributed by atoms with van der Waals surface area (Å²) in [5.41, 5.74) is 4.46. The molecule has 0 spiro atoms. The molecular formula is C22H22N4O2. The first-order valence-corrected chi connectivity index (χ1v) is 9.22. The minimum atomic E-state index is -0.273. The third-order valence-corrected chi connectivity index (χ3v) is 4.93. The molecule has 142 valence electrons. The predicted molar refractivity (Wildman–Crippen MR) is 109 cm³/mol. The number of fused-ring (bicyclic) bond motifs is 1. The van der Waals surface area contributed by atoms with Crippen molar-refractivity contribution in [2.45, 2.75) is 26.3 Å². The first kappa shape index (κ1) is 18.0. The fraction of sp³-hybridized carbons (Fsp3) is 0.227. The number of rotatable bonds is 4. The van der Waals surface area contributed by atoms with E-state index in [4.69, 9.17) is 4.74 Å². The summed E-state index contributed by atoms with van der Waals surface area (Å²) in [6, 6.07) is 14.2. The molecule has 28 heavy (non-hydrogen) atoms. The van der Waals surface area contributed by atoms with Crippen LogP contribution in [0.3, 0.4) is 0 Å². The number of amides is 1. The van der Waals surface area contributed by atoms with Gasteiger partial charge in [-0.15, -0.1) is 0 Å². The van der Waals surface area contributed by atoms with Crippen LogP contribution in [0.1, 0.15) is 28.4 Å². The number of para-hydroxylation sites is 1. The van der Waals surface area contributed by atoms with Gasteiger partial charge in [0.2, 0.25) is 5.95 Å².